The third-order valence-corrected chi connectivity index (χ3v) is 19.6. The van der Waals surface area contributed by atoms with E-state index in [1.165, 1.54) is 16.7 Å². The zero-order chi connectivity index (χ0) is 71.2. The number of fused-ring (bicyclic) bond motifs is 7. The lowest BCUT2D eigenvalue weighted by atomic mass is 9.34. The normalized spacial score (nSPS) is 14.1. The molecule has 11 aromatic rings. The van der Waals surface area contributed by atoms with Crippen LogP contribution in [0.2, 0.25) is 0 Å². The molecule has 0 atom stereocenters. The summed E-state index contributed by atoms with van der Waals surface area (Å²) in [5.41, 5.74) is 2.73. The lowest BCUT2D eigenvalue weighted by Crippen LogP contribution is -2.60. The van der Waals surface area contributed by atoms with Crippen molar-refractivity contribution in [3.05, 3.63) is 231 Å². The van der Waals surface area contributed by atoms with Gasteiger partial charge in [0.15, 0.2) is 46.5 Å². The van der Waals surface area contributed by atoms with Crippen LogP contribution in [0.3, 0.4) is 0 Å². The number of halogens is 10. The number of para-hydroxylation sites is 2. The first-order chi connectivity index (χ1) is 45.6. The van der Waals surface area contributed by atoms with E-state index in [1.807, 2.05) is 57.2 Å². The van der Waals surface area contributed by atoms with Crippen molar-refractivity contribution >= 4 is 73.7 Å². The highest BCUT2D eigenvalue weighted by molar-refractivity contribution is 8.00. The van der Waals surface area contributed by atoms with Crippen LogP contribution in [0.1, 0.15) is 137 Å². The molecule has 0 amide bonds. The second-order valence-electron chi connectivity index (χ2n) is 30.0. The second kappa shape index (κ2) is 22.0. The van der Waals surface area contributed by atoms with E-state index in [0.29, 0.717) is 32.3 Å². The first-order valence-corrected chi connectivity index (χ1v) is 31.9. The molecule has 1 aromatic heterocycles. The van der Waals surface area contributed by atoms with Gasteiger partial charge < -0.3 is 9.47 Å². The van der Waals surface area contributed by atoms with Gasteiger partial charge in [0.25, 0.3) is 0 Å². The van der Waals surface area contributed by atoms with Gasteiger partial charge in [0.1, 0.15) is 0 Å². The van der Waals surface area contributed by atoms with E-state index in [9.17, 15) is 2.74 Å². The van der Waals surface area contributed by atoms with Crippen molar-refractivity contribution in [3.63, 3.8) is 0 Å². The van der Waals surface area contributed by atoms with Crippen LogP contribution in [0.15, 0.2) is 155 Å². The summed E-state index contributed by atoms with van der Waals surface area (Å²) in [5, 5.41) is 0.589. The third-order valence-electron chi connectivity index (χ3n) is 18.5. The highest BCUT2D eigenvalue weighted by Gasteiger charge is 2.45. The molecule has 0 unspecified atom stereocenters. The maximum Gasteiger partial charge on any atom is 0.249 e. The molecule has 0 saturated heterocycles. The molecule has 10 aromatic carbocycles. The molecule has 13 rings (SSSR count). The zero-order valence-corrected chi connectivity index (χ0v) is 55.5. The lowest BCUT2D eigenvalue weighted by Gasteiger charge is -2.42. The number of hydrogen-bond donors (Lipinski definition) is 0. The van der Waals surface area contributed by atoms with Gasteiger partial charge in [-0.15, -0.1) is 0 Å². The van der Waals surface area contributed by atoms with Gasteiger partial charge in [-0.1, -0.05) is 224 Å². The van der Waals surface area contributed by atoms with Crippen molar-refractivity contribution in [2.24, 2.45) is 0 Å². The topological polar surface area (TPSA) is 8.17 Å². The van der Waals surface area contributed by atoms with Gasteiger partial charge in [0.2, 0.25) is 18.3 Å². The number of rotatable bonds is 6. The summed E-state index contributed by atoms with van der Waals surface area (Å²) in [5.74, 6) is -24.1. The fraction of sp³-hybridized carbons (Fsp3) is 0.250. The van der Waals surface area contributed by atoms with Crippen molar-refractivity contribution in [3.8, 4) is 50.2 Å². The van der Waals surface area contributed by atoms with Gasteiger partial charge in [-0.25, -0.2) is 43.9 Å². The molecule has 0 radical (unpaired) electrons. The largest absolute Gasteiger partial charge is 0.310 e. The van der Waals surface area contributed by atoms with Crippen molar-refractivity contribution in [1.82, 2.24) is 4.57 Å². The van der Waals surface area contributed by atoms with E-state index in [4.69, 9.17) is 2.74 Å². The monoisotopic (exact) mass is 1290 g/mol. The van der Waals surface area contributed by atoms with E-state index in [-0.39, 0.29) is 55.7 Å². The van der Waals surface area contributed by atoms with E-state index in [1.54, 1.807) is 28.8 Å². The molecular formula is C80H69BF10N2S. The first-order valence-electron chi connectivity index (χ1n) is 33.1. The number of aromatic nitrogens is 1. The van der Waals surface area contributed by atoms with Gasteiger partial charge in [0, 0.05) is 48.8 Å². The number of anilines is 3. The molecular weight excluding hydrogens is 1220 g/mol. The highest BCUT2D eigenvalue weighted by Crippen LogP contribution is 2.53. The summed E-state index contributed by atoms with van der Waals surface area (Å²) in [6, 6.07) is 34.2. The van der Waals surface area contributed by atoms with Crippen LogP contribution in [-0.2, 0) is 27.1 Å². The van der Waals surface area contributed by atoms with Gasteiger partial charge in [-0.05, 0) is 131 Å². The summed E-state index contributed by atoms with van der Waals surface area (Å²) in [7, 11) is 0. The Balaban J connectivity index is 1.25. The average molecular weight is 1300 g/mol. The van der Waals surface area contributed by atoms with Gasteiger partial charge in [0.05, 0.1) is 33.3 Å². The molecule has 0 saturated carbocycles. The van der Waals surface area contributed by atoms with Crippen molar-refractivity contribution in [2.45, 2.75) is 141 Å². The summed E-state index contributed by atoms with van der Waals surface area (Å²) < 4.78 is 202. The molecule has 2 nitrogen and oxygen atoms in total. The minimum atomic E-state index is -2.53. The number of hydrogen-bond acceptors (Lipinski definition) is 2. The summed E-state index contributed by atoms with van der Waals surface area (Å²) in [6.45, 7) is 30.4. The van der Waals surface area contributed by atoms with Crippen LogP contribution in [0.4, 0.5) is 61.0 Å². The maximum absolute atomic E-state index is 17.1. The second-order valence-corrected chi connectivity index (χ2v) is 31.1. The fourth-order valence-corrected chi connectivity index (χ4v) is 14.3. The maximum atomic E-state index is 17.1. The van der Waals surface area contributed by atoms with Gasteiger partial charge in [-0.3, -0.25) is 0 Å². The van der Waals surface area contributed by atoms with Crippen molar-refractivity contribution < 1.29 is 49.4 Å². The Kier molecular flexibility index (Phi) is 13.9. The molecule has 3 heterocycles. The summed E-state index contributed by atoms with van der Waals surface area (Å²) in [6.07, 6.45) is 0. The molecule has 94 heavy (non-hydrogen) atoms. The van der Waals surface area contributed by atoms with E-state index >= 15 is 43.9 Å². The molecule has 0 N–H and O–H groups in total. The average Bonchev–Trinajstić information content (AvgIpc) is 1.03. The Hall–Kier alpha value is -8.49. The predicted molar refractivity (Wildman–Crippen MR) is 366 cm³/mol. The van der Waals surface area contributed by atoms with Crippen LogP contribution >= 0.6 is 11.8 Å². The molecule has 0 fully saturated rings. The molecule has 14 heteroatoms. The molecule has 0 spiro atoms. The van der Waals surface area contributed by atoms with Crippen LogP contribution in [0.5, 0.6) is 0 Å². The Morgan fingerprint density at radius 3 is 1.30 bits per heavy atom. The molecule has 0 aliphatic carbocycles. The van der Waals surface area contributed by atoms with E-state index in [0.717, 1.165) is 73.1 Å². The van der Waals surface area contributed by atoms with Gasteiger partial charge in [-0.2, -0.15) is 0 Å². The molecule has 2 aliphatic rings. The Bertz CT molecular complexity index is 5090. The lowest BCUT2D eigenvalue weighted by molar-refractivity contribution is 0.381. The zero-order valence-electron chi connectivity index (χ0n) is 58.7. The first kappa shape index (κ1) is 59.3. The number of benzene rings is 10. The standard InChI is InChI=1S/C80H69BF10N2S/c1-76(2,3)44-25-27-57-53(37-44)50-19-16-17-22-56(50)92(57)49-38-59-64-61(39-49)94-60-28-24-41(43-31-47(79(10,11)12)36-48(32-43)80(13,14)15)34-55(60)81(64)54-33-40(42-29-45(77(4,5)6)35-46(30-42)78(7,8)9)23-26-58(54)93(59)75-51(62-65(82)69(86)73(90)70(87)66(62)83)20-18-21-52(75)63-67(84)71(88)74(91)72(89)68(63)85/h16-39H,1-15H3/i16D,17D,19D,22D. The van der Waals surface area contributed by atoms with E-state index < -0.39 is 116 Å². The van der Waals surface area contributed by atoms with Crippen LogP contribution in [-0.4, -0.2) is 11.3 Å². The van der Waals surface area contributed by atoms with Crippen molar-refractivity contribution in [2.75, 3.05) is 4.90 Å². The Labute approximate surface area is 552 Å². The van der Waals surface area contributed by atoms with Crippen LogP contribution in [0, 0.1) is 58.2 Å². The molecule has 2 aliphatic heterocycles. The minimum absolute atomic E-state index is 0.0180. The number of nitrogens with zero attached hydrogens (tertiary/aromatic N) is 2. The SMILES string of the molecule is [2H]c1c([2H])c([2H])c2c(c1[2H])c1cc(C(C)(C)C)ccc1n2-c1cc2c3c(c1)N(c1c(-c4c(F)c(F)c(F)c(F)c4F)cccc1-c1c(F)c(F)c(F)c(F)c1F)c1ccc(-c4cc(C(C)(C)C)cc(C(C)(C)C)c4)cc1B3c1cc(-c3cc(C(C)(C)C)cc(C(C)(C)C)c3)ccc1S2. The van der Waals surface area contributed by atoms with Crippen LogP contribution in [0.25, 0.3) is 72.0 Å². The van der Waals surface area contributed by atoms with E-state index in [2.05, 4.69) is 126 Å². The third kappa shape index (κ3) is 10.4. The summed E-state index contributed by atoms with van der Waals surface area (Å²) >= 11 is 1.30. The predicted octanol–water partition coefficient (Wildman–Crippen LogP) is 22.1. The quantitative estimate of drug-likeness (QED) is 0.0710. The van der Waals surface area contributed by atoms with Crippen molar-refractivity contribution in [1.29, 1.82) is 0 Å². The Morgan fingerprint density at radius 1 is 0.372 bits per heavy atom. The molecule has 0 bridgehead atoms. The highest BCUT2D eigenvalue weighted by atomic mass is 32.2. The fourth-order valence-electron chi connectivity index (χ4n) is 13.1. The summed E-state index contributed by atoms with van der Waals surface area (Å²) in [4.78, 5) is 2.52. The van der Waals surface area contributed by atoms with Gasteiger partial charge >= 0.3 is 0 Å². The Morgan fingerprint density at radius 2 is 0.819 bits per heavy atom. The minimum Gasteiger partial charge on any atom is -0.310 e. The van der Waals surface area contributed by atoms with Crippen LogP contribution < -0.4 is 21.3 Å². The smallest absolute Gasteiger partial charge is 0.249 e. The molecule has 478 valence electrons.